The molecule has 0 aliphatic carbocycles. The second-order valence-corrected chi connectivity index (χ2v) is 6.76. The lowest BCUT2D eigenvalue weighted by Crippen LogP contribution is -2.40. The summed E-state index contributed by atoms with van der Waals surface area (Å²) in [6.07, 6.45) is -2.24. The molecule has 2 aliphatic heterocycles. The van der Waals surface area contributed by atoms with E-state index in [4.69, 9.17) is 4.74 Å². The fourth-order valence-corrected chi connectivity index (χ4v) is 3.50. The van der Waals surface area contributed by atoms with E-state index in [1.165, 1.54) is 4.90 Å². The van der Waals surface area contributed by atoms with Gasteiger partial charge in [-0.3, -0.25) is 9.89 Å². The third-order valence-electron chi connectivity index (χ3n) is 4.59. The van der Waals surface area contributed by atoms with E-state index < -0.39 is 12.7 Å². The van der Waals surface area contributed by atoms with E-state index in [1.807, 2.05) is 6.92 Å². The zero-order valence-electron chi connectivity index (χ0n) is 14.6. The van der Waals surface area contributed by atoms with Gasteiger partial charge in [-0.25, -0.2) is 0 Å². The molecule has 2 heterocycles. The number of rotatable bonds is 6. The van der Waals surface area contributed by atoms with Gasteiger partial charge < -0.3 is 15.0 Å². The Bertz CT molecular complexity index is 417. The summed E-state index contributed by atoms with van der Waals surface area (Å²) in [5.74, 6) is 1.61. The maximum Gasteiger partial charge on any atom is 0.401 e. The molecule has 0 spiro atoms. The van der Waals surface area contributed by atoms with Crippen LogP contribution in [0.5, 0.6) is 0 Å². The number of hydrogen-bond donors (Lipinski definition) is 1. The highest BCUT2D eigenvalue weighted by Crippen LogP contribution is 2.23. The van der Waals surface area contributed by atoms with Crippen LogP contribution in [0.3, 0.4) is 0 Å². The predicted octanol–water partition coefficient (Wildman–Crippen LogP) is 1.80. The maximum atomic E-state index is 12.5. The number of guanidine groups is 1. The highest BCUT2D eigenvalue weighted by atomic mass is 19.4. The summed E-state index contributed by atoms with van der Waals surface area (Å²) in [7, 11) is 1.72. The summed E-state index contributed by atoms with van der Waals surface area (Å²) in [6.45, 7) is 6.21. The molecule has 0 aromatic heterocycles. The van der Waals surface area contributed by atoms with Gasteiger partial charge in [-0.1, -0.05) is 0 Å². The number of likely N-dealkylation sites (tertiary alicyclic amines) is 2. The quantitative estimate of drug-likeness (QED) is 0.586. The van der Waals surface area contributed by atoms with Crippen molar-refractivity contribution in [1.82, 2.24) is 15.1 Å². The van der Waals surface area contributed by atoms with Crippen LogP contribution in [0.25, 0.3) is 0 Å². The number of ether oxygens (including phenoxy) is 1. The van der Waals surface area contributed by atoms with Crippen LogP contribution in [-0.4, -0.2) is 81.5 Å². The number of hydrogen-bond acceptors (Lipinski definition) is 3. The topological polar surface area (TPSA) is 40.1 Å². The van der Waals surface area contributed by atoms with Gasteiger partial charge in [0.25, 0.3) is 0 Å². The van der Waals surface area contributed by atoms with Gasteiger partial charge in [-0.05, 0) is 32.2 Å². The number of alkyl halides is 3. The molecule has 0 saturated carbocycles. The second-order valence-electron chi connectivity index (χ2n) is 6.76. The van der Waals surface area contributed by atoms with Gasteiger partial charge in [0.2, 0.25) is 0 Å². The Balaban J connectivity index is 1.83. The lowest BCUT2D eigenvalue weighted by Gasteiger charge is -2.22. The minimum Gasteiger partial charge on any atom is -0.384 e. The van der Waals surface area contributed by atoms with Gasteiger partial charge in [0.05, 0.1) is 13.2 Å². The standard InChI is InChI=1S/C16H29F3N4O/c1-3-20-15(23-7-5-14(10-23)11-24-2)21-8-13-4-6-22(9-13)12-16(17,18)19/h13-14H,3-12H2,1-2H3,(H,20,21). The molecule has 0 radical (unpaired) electrons. The molecule has 2 aliphatic rings. The summed E-state index contributed by atoms with van der Waals surface area (Å²) in [5, 5.41) is 3.30. The van der Waals surface area contributed by atoms with Crippen LogP contribution < -0.4 is 5.32 Å². The Hall–Kier alpha value is -1.02. The van der Waals surface area contributed by atoms with Crippen LogP contribution in [-0.2, 0) is 4.74 Å². The molecule has 0 amide bonds. The molecule has 0 aromatic rings. The third-order valence-corrected chi connectivity index (χ3v) is 4.59. The van der Waals surface area contributed by atoms with Crippen molar-refractivity contribution < 1.29 is 17.9 Å². The molecule has 24 heavy (non-hydrogen) atoms. The summed E-state index contributed by atoms with van der Waals surface area (Å²) < 4.78 is 42.6. The molecule has 1 N–H and O–H groups in total. The van der Waals surface area contributed by atoms with Crippen LogP contribution in [0.4, 0.5) is 13.2 Å². The minimum atomic E-state index is -4.11. The molecule has 8 heteroatoms. The summed E-state index contributed by atoms with van der Waals surface area (Å²) in [4.78, 5) is 8.40. The van der Waals surface area contributed by atoms with Crippen LogP contribution >= 0.6 is 0 Å². The molecule has 2 atom stereocenters. The van der Waals surface area contributed by atoms with Crippen molar-refractivity contribution in [1.29, 1.82) is 0 Å². The fraction of sp³-hybridized carbons (Fsp3) is 0.938. The second kappa shape index (κ2) is 8.89. The number of methoxy groups -OCH3 is 1. The molecule has 2 saturated heterocycles. The smallest absolute Gasteiger partial charge is 0.384 e. The lowest BCUT2D eigenvalue weighted by atomic mass is 10.1. The van der Waals surface area contributed by atoms with Crippen molar-refractivity contribution in [2.75, 3.05) is 59.5 Å². The average molecular weight is 350 g/mol. The van der Waals surface area contributed by atoms with Crippen LogP contribution in [0, 0.1) is 11.8 Å². The van der Waals surface area contributed by atoms with Gasteiger partial charge in [-0.15, -0.1) is 0 Å². The Morgan fingerprint density at radius 2 is 1.96 bits per heavy atom. The number of nitrogens with one attached hydrogen (secondary N) is 1. The van der Waals surface area contributed by atoms with Crippen LogP contribution in [0.1, 0.15) is 19.8 Å². The number of halogens is 3. The van der Waals surface area contributed by atoms with Gasteiger partial charge in [0, 0.05) is 45.8 Å². The van der Waals surface area contributed by atoms with Crippen molar-refractivity contribution in [3.63, 3.8) is 0 Å². The van der Waals surface area contributed by atoms with Gasteiger partial charge in [0.15, 0.2) is 5.96 Å². The van der Waals surface area contributed by atoms with Crippen molar-refractivity contribution in [2.45, 2.75) is 25.9 Å². The fourth-order valence-electron chi connectivity index (χ4n) is 3.50. The Morgan fingerprint density at radius 1 is 1.21 bits per heavy atom. The Morgan fingerprint density at radius 3 is 2.62 bits per heavy atom. The summed E-state index contributed by atoms with van der Waals surface area (Å²) in [6, 6.07) is 0. The van der Waals surface area contributed by atoms with Gasteiger partial charge in [-0.2, -0.15) is 13.2 Å². The maximum absolute atomic E-state index is 12.5. The molecule has 0 bridgehead atoms. The zero-order valence-corrected chi connectivity index (χ0v) is 14.6. The molecular weight excluding hydrogens is 321 g/mol. The normalized spacial score (nSPS) is 26.4. The highest BCUT2D eigenvalue weighted by molar-refractivity contribution is 5.80. The molecule has 2 fully saturated rings. The zero-order chi connectivity index (χ0) is 17.6. The first-order valence-corrected chi connectivity index (χ1v) is 8.72. The van der Waals surface area contributed by atoms with E-state index in [0.29, 0.717) is 25.6 Å². The van der Waals surface area contributed by atoms with E-state index in [0.717, 1.165) is 45.0 Å². The molecule has 2 unspecified atom stereocenters. The monoisotopic (exact) mass is 350 g/mol. The van der Waals surface area contributed by atoms with Gasteiger partial charge >= 0.3 is 6.18 Å². The van der Waals surface area contributed by atoms with Gasteiger partial charge in [0.1, 0.15) is 0 Å². The molecule has 2 rings (SSSR count). The summed E-state index contributed by atoms with van der Waals surface area (Å²) >= 11 is 0. The van der Waals surface area contributed by atoms with Crippen molar-refractivity contribution in [3.8, 4) is 0 Å². The van der Waals surface area contributed by atoms with E-state index in [2.05, 4.69) is 15.2 Å². The average Bonchev–Trinajstić information content (AvgIpc) is 3.12. The first-order chi connectivity index (χ1) is 11.4. The number of aliphatic imine (C=N–C) groups is 1. The predicted molar refractivity (Wildman–Crippen MR) is 88.1 cm³/mol. The van der Waals surface area contributed by atoms with Crippen molar-refractivity contribution >= 4 is 5.96 Å². The van der Waals surface area contributed by atoms with E-state index in [-0.39, 0.29) is 5.92 Å². The van der Waals surface area contributed by atoms with Crippen molar-refractivity contribution in [2.24, 2.45) is 16.8 Å². The van der Waals surface area contributed by atoms with E-state index >= 15 is 0 Å². The first kappa shape index (κ1) is 19.3. The largest absolute Gasteiger partial charge is 0.401 e. The minimum absolute atomic E-state index is 0.207. The highest BCUT2D eigenvalue weighted by Gasteiger charge is 2.34. The van der Waals surface area contributed by atoms with Crippen molar-refractivity contribution in [3.05, 3.63) is 0 Å². The Kier molecular flexibility index (Phi) is 7.16. The van der Waals surface area contributed by atoms with Crippen LogP contribution in [0.15, 0.2) is 4.99 Å². The number of nitrogens with zero attached hydrogens (tertiary/aromatic N) is 3. The molecular formula is C16H29F3N4O. The molecule has 5 nitrogen and oxygen atoms in total. The van der Waals surface area contributed by atoms with Crippen LogP contribution in [0.2, 0.25) is 0 Å². The van der Waals surface area contributed by atoms with E-state index in [9.17, 15) is 13.2 Å². The van der Waals surface area contributed by atoms with E-state index in [1.54, 1.807) is 7.11 Å². The molecule has 140 valence electrons. The molecule has 0 aromatic carbocycles. The lowest BCUT2D eigenvalue weighted by molar-refractivity contribution is -0.143. The SMILES string of the molecule is CCNC(=NCC1CCN(CC(F)(F)F)C1)N1CCC(COC)C1. The third kappa shape index (κ3) is 6.12. The first-order valence-electron chi connectivity index (χ1n) is 8.72. The summed E-state index contributed by atoms with van der Waals surface area (Å²) in [5.41, 5.74) is 0. The Labute approximate surface area is 142 Å².